The first-order chi connectivity index (χ1) is 9.17. The summed E-state index contributed by atoms with van der Waals surface area (Å²) in [7, 11) is 2.01. The van der Waals surface area contributed by atoms with Gasteiger partial charge in [0.1, 0.15) is 5.82 Å². The van der Waals surface area contributed by atoms with Gasteiger partial charge in [-0.25, -0.2) is 4.39 Å². The molecule has 1 aromatic carbocycles. The van der Waals surface area contributed by atoms with Crippen molar-refractivity contribution in [3.63, 3.8) is 0 Å². The van der Waals surface area contributed by atoms with Gasteiger partial charge >= 0.3 is 0 Å². The van der Waals surface area contributed by atoms with Crippen molar-refractivity contribution < 1.29 is 4.39 Å². The van der Waals surface area contributed by atoms with Crippen LogP contribution in [0.1, 0.15) is 17.0 Å². The Balaban J connectivity index is 1.96. The Morgan fingerprint density at radius 3 is 2.42 bits per heavy atom. The number of benzene rings is 1. The smallest absolute Gasteiger partial charge is 0.123 e. The molecule has 0 saturated carbocycles. The topological polar surface area (TPSA) is 42.1 Å². The Morgan fingerprint density at radius 2 is 1.74 bits per heavy atom. The van der Waals surface area contributed by atoms with Crippen LogP contribution in [-0.4, -0.2) is 16.9 Å². The molecule has 4 heteroatoms. The molecular weight excluding hydrogens is 241 g/mol. The average molecular weight is 259 g/mol. The molecule has 3 nitrogen and oxygen atoms in total. The van der Waals surface area contributed by atoms with E-state index in [9.17, 15) is 4.39 Å². The number of pyridine rings is 1. The highest BCUT2D eigenvalue weighted by Crippen LogP contribution is 2.08. The average Bonchev–Trinajstić information content (AvgIpc) is 2.41. The summed E-state index contributed by atoms with van der Waals surface area (Å²) in [6, 6.07) is 12.4. The Labute approximate surface area is 112 Å². The third-order valence-electron chi connectivity index (χ3n) is 2.87. The number of halogens is 1. The summed E-state index contributed by atoms with van der Waals surface area (Å²) in [5.41, 5.74) is 8.55. The van der Waals surface area contributed by atoms with Crippen molar-refractivity contribution in [3.05, 3.63) is 65.2 Å². The van der Waals surface area contributed by atoms with Gasteiger partial charge in [0.15, 0.2) is 0 Å². The van der Waals surface area contributed by atoms with Gasteiger partial charge in [0, 0.05) is 19.6 Å². The largest absolute Gasteiger partial charge is 0.325 e. The van der Waals surface area contributed by atoms with E-state index in [0.717, 1.165) is 30.0 Å². The molecule has 2 rings (SSSR count). The first-order valence-electron chi connectivity index (χ1n) is 6.25. The summed E-state index contributed by atoms with van der Waals surface area (Å²) >= 11 is 0. The van der Waals surface area contributed by atoms with Crippen LogP contribution in [0, 0.1) is 5.82 Å². The second-order valence-corrected chi connectivity index (χ2v) is 4.62. The molecule has 0 unspecified atom stereocenters. The van der Waals surface area contributed by atoms with Crippen molar-refractivity contribution in [2.75, 3.05) is 7.05 Å². The highest BCUT2D eigenvalue weighted by Gasteiger charge is 2.04. The number of aromatic nitrogens is 1. The van der Waals surface area contributed by atoms with E-state index in [4.69, 9.17) is 5.73 Å². The van der Waals surface area contributed by atoms with Gasteiger partial charge in [-0.2, -0.15) is 0 Å². The van der Waals surface area contributed by atoms with Crippen molar-refractivity contribution >= 4 is 0 Å². The molecule has 2 N–H and O–H groups in total. The van der Waals surface area contributed by atoms with Crippen molar-refractivity contribution in [3.8, 4) is 0 Å². The number of nitrogens with zero attached hydrogens (tertiary/aromatic N) is 2. The summed E-state index contributed by atoms with van der Waals surface area (Å²) in [5.74, 6) is -0.205. The predicted octanol–water partition coefficient (Wildman–Crippen LogP) is 2.31. The van der Waals surface area contributed by atoms with Crippen LogP contribution in [0.3, 0.4) is 0 Å². The molecule has 1 aromatic heterocycles. The normalized spacial score (nSPS) is 10.9. The molecule has 0 aliphatic carbocycles. The van der Waals surface area contributed by atoms with Gasteiger partial charge in [-0.05, 0) is 36.9 Å². The molecule has 19 heavy (non-hydrogen) atoms. The number of nitrogens with two attached hydrogens (primary N) is 1. The zero-order chi connectivity index (χ0) is 13.7. The molecule has 100 valence electrons. The highest BCUT2D eigenvalue weighted by atomic mass is 19.1. The Morgan fingerprint density at radius 1 is 1.05 bits per heavy atom. The number of hydrogen-bond donors (Lipinski definition) is 1. The lowest BCUT2D eigenvalue weighted by Crippen LogP contribution is -2.18. The van der Waals surface area contributed by atoms with Crippen LogP contribution in [0.15, 0.2) is 42.5 Å². The third-order valence-corrected chi connectivity index (χ3v) is 2.87. The minimum Gasteiger partial charge on any atom is -0.325 e. The standard InChI is InChI=1S/C15H18FN3/c1-19(10-12-5-7-13(16)8-6-12)11-15-4-2-3-14(9-17)18-15/h2-8H,9-11,17H2,1H3. The van der Waals surface area contributed by atoms with E-state index >= 15 is 0 Å². The van der Waals surface area contributed by atoms with Gasteiger partial charge in [-0.15, -0.1) is 0 Å². The van der Waals surface area contributed by atoms with Crippen LogP contribution in [0.5, 0.6) is 0 Å². The van der Waals surface area contributed by atoms with E-state index in [2.05, 4.69) is 9.88 Å². The van der Waals surface area contributed by atoms with E-state index in [1.807, 2.05) is 25.2 Å². The van der Waals surface area contributed by atoms with Gasteiger partial charge in [0.25, 0.3) is 0 Å². The van der Waals surface area contributed by atoms with Crippen molar-refractivity contribution in [2.24, 2.45) is 5.73 Å². The molecule has 1 heterocycles. The van der Waals surface area contributed by atoms with E-state index in [0.29, 0.717) is 6.54 Å². The molecular formula is C15H18FN3. The number of hydrogen-bond acceptors (Lipinski definition) is 3. The van der Waals surface area contributed by atoms with Crippen molar-refractivity contribution in [1.82, 2.24) is 9.88 Å². The van der Waals surface area contributed by atoms with Crippen LogP contribution >= 0.6 is 0 Å². The molecule has 0 amide bonds. The maximum atomic E-state index is 12.8. The maximum absolute atomic E-state index is 12.8. The summed E-state index contributed by atoms with van der Waals surface area (Å²) in [6.45, 7) is 1.95. The fourth-order valence-electron chi connectivity index (χ4n) is 1.96. The van der Waals surface area contributed by atoms with Gasteiger partial charge in [-0.3, -0.25) is 9.88 Å². The quantitative estimate of drug-likeness (QED) is 0.896. The second kappa shape index (κ2) is 6.41. The lowest BCUT2D eigenvalue weighted by Gasteiger charge is -2.16. The van der Waals surface area contributed by atoms with Crippen molar-refractivity contribution in [2.45, 2.75) is 19.6 Å². The Hall–Kier alpha value is -1.78. The van der Waals surface area contributed by atoms with E-state index < -0.39 is 0 Å². The monoisotopic (exact) mass is 259 g/mol. The third kappa shape index (κ3) is 4.12. The van der Waals surface area contributed by atoms with Crippen LogP contribution in [0.2, 0.25) is 0 Å². The van der Waals surface area contributed by atoms with E-state index in [1.165, 1.54) is 12.1 Å². The maximum Gasteiger partial charge on any atom is 0.123 e. The Bertz CT molecular complexity index is 525. The van der Waals surface area contributed by atoms with E-state index in [-0.39, 0.29) is 5.82 Å². The Kier molecular flexibility index (Phi) is 4.60. The minimum absolute atomic E-state index is 0.205. The first kappa shape index (κ1) is 13.6. The zero-order valence-electron chi connectivity index (χ0n) is 11.0. The molecule has 0 aliphatic heterocycles. The van der Waals surface area contributed by atoms with Gasteiger partial charge < -0.3 is 5.73 Å². The lowest BCUT2D eigenvalue weighted by molar-refractivity contribution is 0.314. The minimum atomic E-state index is -0.205. The summed E-state index contributed by atoms with van der Waals surface area (Å²) in [4.78, 5) is 6.60. The molecule has 0 radical (unpaired) electrons. The lowest BCUT2D eigenvalue weighted by atomic mass is 10.2. The fraction of sp³-hybridized carbons (Fsp3) is 0.267. The zero-order valence-corrected chi connectivity index (χ0v) is 11.0. The van der Waals surface area contributed by atoms with Gasteiger partial charge in [0.2, 0.25) is 0 Å². The summed E-state index contributed by atoms with van der Waals surface area (Å²) < 4.78 is 12.8. The fourth-order valence-corrected chi connectivity index (χ4v) is 1.96. The summed E-state index contributed by atoms with van der Waals surface area (Å²) in [5, 5.41) is 0. The van der Waals surface area contributed by atoms with Crippen LogP contribution in [0.25, 0.3) is 0 Å². The van der Waals surface area contributed by atoms with Gasteiger partial charge in [-0.1, -0.05) is 18.2 Å². The van der Waals surface area contributed by atoms with Crippen LogP contribution < -0.4 is 5.73 Å². The SMILES string of the molecule is CN(Cc1ccc(F)cc1)Cc1cccc(CN)n1. The second-order valence-electron chi connectivity index (χ2n) is 4.62. The first-order valence-corrected chi connectivity index (χ1v) is 6.25. The summed E-state index contributed by atoms with van der Waals surface area (Å²) in [6.07, 6.45) is 0. The molecule has 0 spiro atoms. The van der Waals surface area contributed by atoms with E-state index in [1.54, 1.807) is 12.1 Å². The molecule has 0 aliphatic rings. The molecule has 0 fully saturated rings. The highest BCUT2D eigenvalue weighted by molar-refractivity contribution is 5.16. The van der Waals surface area contributed by atoms with Gasteiger partial charge in [0.05, 0.1) is 11.4 Å². The number of rotatable bonds is 5. The molecule has 2 aromatic rings. The molecule has 0 saturated heterocycles. The van der Waals surface area contributed by atoms with Crippen LogP contribution in [-0.2, 0) is 19.6 Å². The van der Waals surface area contributed by atoms with Crippen LogP contribution in [0.4, 0.5) is 4.39 Å². The van der Waals surface area contributed by atoms with Crippen molar-refractivity contribution in [1.29, 1.82) is 0 Å². The molecule has 0 bridgehead atoms. The molecule has 0 atom stereocenters. The predicted molar refractivity (Wildman–Crippen MR) is 73.7 cm³/mol.